The number of hydrogen-bond acceptors (Lipinski definition) is 2. The molecule has 64 valence electrons. The highest BCUT2D eigenvalue weighted by molar-refractivity contribution is 4.93. The van der Waals surface area contributed by atoms with Crippen LogP contribution < -0.4 is 11.5 Å². The Kier molecular flexibility index (Phi) is 3.09. The van der Waals surface area contributed by atoms with E-state index in [4.69, 9.17) is 11.5 Å². The highest BCUT2D eigenvalue weighted by atomic mass is 14.8. The average molecular weight is 154 g/mol. The van der Waals surface area contributed by atoms with Gasteiger partial charge in [0.1, 0.15) is 0 Å². The molecule has 0 radical (unpaired) electrons. The van der Waals surface area contributed by atoms with Crippen molar-refractivity contribution in [2.24, 2.45) is 23.3 Å². The number of hydrogen-bond donors (Lipinski definition) is 2. The summed E-state index contributed by atoms with van der Waals surface area (Å²) in [4.78, 5) is 0. The predicted octanol–water partition coefficient (Wildman–Crippen LogP) is 0.875. The Labute approximate surface area is 68.6 Å². The normalized spacial score (nSPS) is 36.4. The van der Waals surface area contributed by atoms with Crippen LogP contribution in [0.15, 0.2) is 12.7 Å². The maximum Gasteiger partial charge on any atom is 0.00846 e. The summed E-state index contributed by atoms with van der Waals surface area (Å²) in [6, 6.07) is 0.370. The van der Waals surface area contributed by atoms with Gasteiger partial charge >= 0.3 is 0 Å². The number of allylic oxidation sites excluding steroid dienone is 1. The summed E-state index contributed by atoms with van der Waals surface area (Å²) < 4.78 is 0. The Morgan fingerprint density at radius 1 is 1.55 bits per heavy atom. The lowest BCUT2D eigenvalue weighted by molar-refractivity contribution is 0.134. The van der Waals surface area contributed by atoms with E-state index in [1.165, 1.54) is 6.42 Å². The van der Waals surface area contributed by atoms with Crippen LogP contribution in [0.5, 0.6) is 0 Å². The quantitative estimate of drug-likeness (QED) is 0.590. The second-order valence-electron chi connectivity index (χ2n) is 3.43. The fourth-order valence-corrected chi connectivity index (χ4v) is 1.88. The van der Waals surface area contributed by atoms with Gasteiger partial charge in [-0.15, -0.1) is 6.58 Å². The second-order valence-corrected chi connectivity index (χ2v) is 3.43. The molecule has 0 spiro atoms. The highest BCUT2D eigenvalue weighted by Crippen LogP contribution is 2.35. The van der Waals surface area contributed by atoms with Gasteiger partial charge in [-0.2, -0.15) is 0 Å². The topological polar surface area (TPSA) is 52.0 Å². The van der Waals surface area contributed by atoms with Crippen molar-refractivity contribution in [3.05, 3.63) is 12.7 Å². The Balaban J connectivity index is 2.21. The van der Waals surface area contributed by atoms with Gasteiger partial charge in [0, 0.05) is 6.04 Å². The van der Waals surface area contributed by atoms with Gasteiger partial charge in [-0.3, -0.25) is 0 Å². The van der Waals surface area contributed by atoms with Crippen LogP contribution in [0.1, 0.15) is 19.3 Å². The van der Waals surface area contributed by atoms with Crippen molar-refractivity contribution < 1.29 is 0 Å². The van der Waals surface area contributed by atoms with Crippen molar-refractivity contribution >= 4 is 0 Å². The summed E-state index contributed by atoms with van der Waals surface area (Å²) in [6.45, 7) is 4.45. The zero-order chi connectivity index (χ0) is 8.27. The van der Waals surface area contributed by atoms with Gasteiger partial charge in [0.05, 0.1) is 0 Å². The molecule has 0 aliphatic heterocycles. The van der Waals surface area contributed by atoms with Gasteiger partial charge in [0.25, 0.3) is 0 Å². The molecule has 11 heavy (non-hydrogen) atoms. The van der Waals surface area contributed by atoms with E-state index >= 15 is 0 Å². The maximum absolute atomic E-state index is 5.79. The molecule has 0 heterocycles. The lowest BCUT2D eigenvalue weighted by Crippen LogP contribution is -2.50. The summed E-state index contributed by atoms with van der Waals surface area (Å²) >= 11 is 0. The molecule has 0 saturated heterocycles. The van der Waals surface area contributed by atoms with Gasteiger partial charge in [0.15, 0.2) is 0 Å². The van der Waals surface area contributed by atoms with Crippen LogP contribution >= 0.6 is 0 Å². The first-order valence-electron chi connectivity index (χ1n) is 4.36. The zero-order valence-electron chi connectivity index (χ0n) is 7.00. The van der Waals surface area contributed by atoms with Crippen LogP contribution in [-0.2, 0) is 0 Å². The van der Waals surface area contributed by atoms with Crippen molar-refractivity contribution in [2.45, 2.75) is 25.3 Å². The van der Waals surface area contributed by atoms with E-state index in [-0.39, 0.29) is 0 Å². The summed E-state index contributed by atoms with van der Waals surface area (Å²) in [6.07, 6.45) is 5.46. The third-order valence-corrected chi connectivity index (χ3v) is 2.74. The molecule has 2 nitrogen and oxygen atoms in total. The molecule has 1 rings (SSSR count). The fourth-order valence-electron chi connectivity index (χ4n) is 1.88. The van der Waals surface area contributed by atoms with Crippen LogP contribution in [0, 0.1) is 11.8 Å². The summed E-state index contributed by atoms with van der Waals surface area (Å²) in [5.41, 5.74) is 11.4. The van der Waals surface area contributed by atoms with Crippen molar-refractivity contribution in [1.29, 1.82) is 0 Å². The first-order chi connectivity index (χ1) is 5.29. The average Bonchev–Trinajstić information content (AvgIpc) is 1.98. The Bertz CT molecular complexity index is 134. The summed E-state index contributed by atoms with van der Waals surface area (Å²) in [7, 11) is 0. The number of rotatable bonds is 4. The SMILES string of the molecule is C=CCCC1CC(N)C1CN. The molecule has 4 N–H and O–H groups in total. The Morgan fingerprint density at radius 2 is 2.27 bits per heavy atom. The first-order valence-corrected chi connectivity index (χ1v) is 4.36. The van der Waals surface area contributed by atoms with E-state index in [0.29, 0.717) is 12.0 Å². The molecule has 2 heteroatoms. The van der Waals surface area contributed by atoms with Crippen molar-refractivity contribution in [3.63, 3.8) is 0 Å². The van der Waals surface area contributed by atoms with Gasteiger partial charge in [-0.25, -0.2) is 0 Å². The van der Waals surface area contributed by atoms with E-state index in [1.807, 2.05) is 6.08 Å². The maximum atomic E-state index is 5.79. The lowest BCUT2D eigenvalue weighted by atomic mass is 9.68. The summed E-state index contributed by atoms with van der Waals surface area (Å²) in [5, 5.41) is 0. The minimum Gasteiger partial charge on any atom is -0.330 e. The molecule has 1 aliphatic carbocycles. The van der Waals surface area contributed by atoms with Crippen LogP contribution in [0.25, 0.3) is 0 Å². The Morgan fingerprint density at radius 3 is 2.73 bits per heavy atom. The Hall–Kier alpha value is -0.340. The molecule has 0 bridgehead atoms. The van der Waals surface area contributed by atoms with Crippen LogP contribution in [0.2, 0.25) is 0 Å². The third kappa shape index (κ3) is 1.82. The van der Waals surface area contributed by atoms with Gasteiger partial charge < -0.3 is 11.5 Å². The molecule has 0 aromatic rings. The summed E-state index contributed by atoms with van der Waals surface area (Å²) in [5.74, 6) is 1.35. The van der Waals surface area contributed by atoms with E-state index in [9.17, 15) is 0 Å². The van der Waals surface area contributed by atoms with E-state index in [1.54, 1.807) is 0 Å². The molecular formula is C9H18N2. The van der Waals surface area contributed by atoms with Crippen molar-refractivity contribution in [3.8, 4) is 0 Å². The van der Waals surface area contributed by atoms with Gasteiger partial charge in [-0.1, -0.05) is 6.08 Å². The molecular weight excluding hydrogens is 136 g/mol. The van der Waals surface area contributed by atoms with Crippen LogP contribution in [0.3, 0.4) is 0 Å². The van der Waals surface area contributed by atoms with Gasteiger partial charge in [0.2, 0.25) is 0 Å². The lowest BCUT2D eigenvalue weighted by Gasteiger charge is -2.42. The molecule has 1 aliphatic rings. The highest BCUT2D eigenvalue weighted by Gasteiger charge is 2.36. The molecule has 1 fully saturated rings. The standard InChI is InChI=1S/C9H18N2/c1-2-3-4-7-5-9(11)8(7)6-10/h2,7-9H,1,3-6,10-11H2. The minimum absolute atomic E-state index is 0.370. The molecule has 0 aromatic heterocycles. The minimum atomic E-state index is 0.370. The van der Waals surface area contributed by atoms with Crippen LogP contribution in [0.4, 0.5) is 0 Å². The monoisotopic (exact) mass is 154 g/mol. The molecule has 0 amide bonds. The number of nitrogens with two attached hydrogens (primary N) is 2. The molecule has 0 aromatic carbocycles. The van der Waals surface area contributed by atoms with Crippen molar-refractivity contribution in [2.75, 3.05) is 6.54 Å². The van der Waals surface area contributed by atoms with E-state index in [2.05, 4.69) is 6.58 Å². The molecule has 3 atom stereocenters. The largest absolute Gasteiger partial charge is 0.330 e. The van der Waals surface area contributed by atoms with Crippen molar-refractivity contribution in [1.82, 2.24) is 0 Å². The third-order valence-electron chi connectivity index (χ3n) is 2.74. The van der Waals surface area contributed by atoms with E-state index < -0.39 is 0 Å². The zero-order valence-corrected chi connectivity index (χ0v) is 7.00. The molecule has 3 unspecified atom stereocenters. The first kappa shape index (κ1) is 8.75. The smallest absolute Gasteiger partial charge is 0.00846 e. The van der Waals surface area contributed by atoms with Crippen LogP contribution in [-0.4, -0.2) is 12.6 Å². The second kappa shape index (κ2) is 3.88. The van der Waals surface area contributed by atoms with Gasteiger partial charge in [-0.05, 0) is 37.6 Å². The predicted molar refractivity (Wildman–Crippen MR) is 48.1 cm³/mol. The van der Waals surface area contributed by atoms with E-state index in [0.717, 1.165) is 25.3 Å². The fraction of sp³-hybridized carbons (Fsp3) is 0.778. The molecule has 1 saturated carbocycles.